The molecule has 0 unspecified atom stereocenters. The van der Waals surface area contributed by atoms with Gasteiger partial charge in [0.2, 0.25) is 0 Å². The van der Waals surface area contributed by atoms with Gasteiger partial charge in [-0.15, -0.1) is 0 Å². The van der Waals surface area contributed by atoms with E-state index in [9.17, 15) is 4.39 Å². The van der Waals surface area contributed by atoms with E-state index in [0.29, 0.717) is 11.3 Å². The van der Waals surface area contributed by atoms with Crippen LogP contribution < -0.4 is 0 Å². The smallest absolute Gasteiger partial charge is 0.170 e. The normalized spacial score (nSPS) is 18.7. The fourth-order valence-corrected chi connectivity index (χ4v) is 3.68. The van der Waals surface area contributed by atoms with Gasteiger partial charge in [0.1, 0.15) is 11.5 Å². The Balaban J connectivity index is 1.91. The Morgan fingerprint density at radius 1 is 1.43 bits per heavy atom. The van der Waals surface area contributed by atoms with Crippen LogP contribution in [0.2, 0.25) is 0 Å². The predicted octanol–water partition coefficient (Wildman–Crippen LogP) is 4.27. The molecule has 3 rings (SSSR count). The molecule has 1 saturated heterocycles. The molecule has 4 nitrogen and oxygen atoms in total. The summed E-state index contributed by atoms with van der Waals surface area (Å²) in [6.45, 7) is 2.89. The lowest BCUT2D eigenvalue weighted by molar-refractivity contribution is 0.361. The van der Waals surface area contributed by atoms with Crippen molar-refractivity contribution in [2.75, 3.05) is 19.8 Å². The van der Waals surface area contributed by atoms with Crippen LogP contribution in [0.3, 0.4) is 0 Å². The molecule has 1 fully saturated rings. The Labute approximate surface area is 139 Å². The summed E-state index contributed by atoms with van der Waals surface area (Å²) in [5.41, 5.74) is 2.29. The minimum Gasteiger partial charge on any atom is -0.356 e. The molecule has 0 N–H and O–H groups in total. The van der Waals surface area contributed by atoms with Crippen LogP contribution in [0.1, 0.15) is 30.1 Å². The zero-order valence-corrected chi connectivity index (χ0v) is 14.4. The standard InChI is InChI=1S/C17H20FN3OS/c1-11-6-7-13(18)12(9-11)16-10-14(20-22-16)15-5-4-8-21(15)17(19-2)23-3/h6-7,9-10,15H,4-5,8H2,1-3H3/t15-/m1/s1. The van der Waals surface area contributed by atoms with E-state index in [4.69, 9.17) is 4.52 Å². The highest BCUT2D eigenvalue weighted by Gasteiger charge is 2.31. The second-order valence-corrected chi connectivity index (χ2v) is 6.43. The van der Waals surface area contributed by atoms with E-state index in [2.05, 4.69) is 15.0 Å². The second kappa shape index (κ2) is 6.74. The lowest BCUT2D eigenvalue weighted by Gasteiger charge is -2.24. The molecule has 1 aliphatic rings. The quantitative estimate of drug-likeness (QED) is 0.608. The highest BCUT2D eigenvalue weighted by molar-refractivity contribution is 8.13. The first-order valence-electron chi connectivity index (χ1n) is 7.64. The van der Waals surface area contributed by atoms with E-state index in [1.165, 1.54) is 6.07 Å². The van der Waals surface area contributed by atoms with Crippen molar-refractivity contribution in [3.05, 3.63) is 41.3 Å². The second-order valence-electron chi connectivity index (χ2n) is 5.66. The van der Waals surface area contributed by atoms with Crippen molar-refractivity contribution >= 4 is 16.9 Å². The van der Waals surface area contributed by atoms with E-state index < -0.39 is 0 Å². The van der Waals surface area contributed by atoms with Gasteiger partial charge < -0.3 is 9.42 Å². The number of amidine groups is 1. The minimum atomic E-state index is -0.290. The topological polar surface area (TPSA) is 41.6 Å². The molecule has 2 aromatic rings. The maximum absolute atomic E-state index is 14.0. The summed E-state index contributed by atoms with van der Waals surface area (Å²) in [6, 6.07) is 7.00. The molecule has 1 aromatic heterocycles. The third-order valence-electron chi connectivity index (χ3n) is 4.13. The monoisotopic (exact) mass is 333 g/mol. The SMILES string of the molecule is CN=C(SC)N1CCC[C@@H]1c1cc(-c2cc(C)ccc2F)on1. The van der Waals surface area contributed by atoms with Gasteiger partial charge in [-0.3, -0.25) is 4.99 Å². The van der Waals surface area contributed by atoms with Crippen molar-refractivity contribution in [2.24, 2.45) is 4.99 Å². The lowest BCUT2D eigenvalue weighted by Crippen LogP contribution is -2.28. The summed E-state index contributed by atoms with van der Waals surface area (Å²) < 4.78 is 19.5. The zero-order chi connectivity index (χ0) is 16.4. The summed E-state index contributed by atoms with van der Waals surface area (Å²) in [5.74, 6) is 0.189. The van der Waals surface area contributed by atoms with Gasteiger partial charge in [-0.1, -0.05) is 28.5 Å². The molecule has 0 spiro atoms. The molecule has 1 aliphatic heterocycles. The van der Waals surface area contributed by atoms with E-state index >= 15 is 0 Å². The van der Waals surface area contributed by atoms with Gasteiger partial charge in [-0.05, 0) is 38.2 Å². The number of aromatic nitrogens is 1. The number of halogens is 1. The van der Waals surface area contributed by atoms with Gasteiger partial charge in [0, 0.05) is 19.7 Å². The number of hydrogen-bond acceptors (Lipinski definition) is 4. The summed E-state index contributed by atoms with van der Waals surface area (Å²) >= 11 is 1.63. The molecule has 6 heteroatoms. The van der Waals surface area contributed by atoms with Crippen molar-refractivity contribution in [3.8, 4) is 11.3 Å². The molecule has 1 atom stereocenters. The van der Waals surface area contributed by atoms with E-state index in [-0.39, 0.29) is 11.9 Å². The van der Waals surface area contributed by atoms with Crippen LogP contribution in [0.5, 0.6) is 0 Å². The Morgan fingerprint density at radius 3 is 3.00 bits per heavy atom. The Morgan fingerprint density at radius 2 is 2.26 bits per heavy atom. The molecule has 23 heavy (non-hydrogen) atoms. The van der Waals surface area contributed by atoms with Crippen molar-refractivity contribution < 1.29 is 8.91 Å². The molecule has 0 amide bonds. The summed E-state index contributed by atoms with van der Waals surface area (Å²) in [6.07, 6.45) is 4.11. The average molecular weight is 333 g/mol. The number of likely N-dealkylation sites (tertiary alicyclic amines) is 1. The largest absolute Gasteiger partial charge is 0.356 e. The predicted molar refractivity (Wildman–Crippen MR) is 92.2 cm³/mol. The summed E-state index contributed by atoms with van der Waals surface area (Å²) in [5, 5.41) is 5.20. The number of benzene rings is 1. The number of aliphatic imine (C=N–C) groups is 1. The van der Waals surface area contributed by atoms with Crippen LogP contribution in [0.4, 0.5) is 4.39 Å². The van der Waals surface area contributed by atoms with Crippen molar-refractivity contribution in [1.29, 1.82) is 0 Å². The Kier molecular flexibility index (Phi) is 4.71. The number of nitrogens with zero attached hydrogens (tertiary/aromatic N) is 3. The molecule has 0 radical (unpaired) electrons. The molecule has 0 saturated carbocycles. The highest BCUT2D eigenvalue weighted by atomic mass is 32.2. The van der Waals surface area contributed by atoms with E-state index in [1.807, 2.05) is 19.2 Å². The maximum atomic E-state index is 14.0. The van der Waals surface area contributed by atoms with Crippen LogP contribution in [-0.2, 0) is 0 Å². The van der Waals surface area contributed by atoms with Crippen LogP contribution in [0.15, 0.2) is 33.8 Å². The molecular formula is C17H20FN3OS. The first-order chi connectivity index (χ1) is 11.1. The van der Waals surface area contributed by atoms with Gasteiger partial charge in [0.05, 0.1) is 11.6 Å². The van der Waals surface area contributed by atoms with Crippen LogP contribution in [0, 0.1) is 12.7 Å². The van der Waals surface area contributed by atoms with Gasteiger partial charge >= 0.3 is 0 Å². The Hall–Kier alpha value is -1.82. The van der Waals surface area contributed by atoms with Crippen LogP contribution >= 0.6 is 11.8 Å². The maximum Gasteiger partial charge on any atom is 0.170 e. The van der Waals surface area contributed by atoms with E-state index in [1.54, 1.807) is 30.9 Å². The third-order valence-corrected chi connectivity index (χ3v) is 4.91. The highest BCUT2D eigenvalue weighted by Crippen LogP contribution is 2.35. The van der Waals surface area contributed by atoms with Gasteiger partial charge in [-0.25, -0.2) is 4.39 Å². The van der Waals surface area contributed by atoms with Gasteiger partial charge in [-0.2, -0.15) is 0 Å². The number of aryl methyl sites for hydroxylation is 1. The number of hydrogen-bond donors (Lipinski definition) is 0. The fourth-order valence-electron chi connectivity index (χ4n) is 3.04. The molecule has 1 aromatic carbocycles. The van der Waals surface area contributed by atoms with Crippen molar-refractivity contribution in [3.63, 3.8) is 0 Å². The average Bonchev–Trinajstić information content (AvgIpc) is 3.20. The number of thioether (sulfide) groups is 1. The van der Waals surface area contributed by atoms with Gasteiger partial charge in [0.15, 0.2) is 10.9 Å². The molecular weight excluding hydrogens is 313 g/mol. The number of rotatable bonds is 2. The van der Waals surface area contributed by atoms with Crippen molar-refractivity contribution in [1.82, 2.24) is 10.1 Å². The Bertz CT molecular complexity index is 728. The summed E-state index contributed by atoms with van der Waals surface area (Å²) in [4.78, 5) is 6.59. The fraction of sp³-hybridized carbons (Fsp3) is 0.412. The summed E-state index contributed by atoms with van der Waals surface area (Å²) in [7, 11) is 1.80. The molecule has 122 valence electrons. The van der Waals surface area contributed by atoms with Crippen LogP contribution in [0.25, 0.3) is 11.3 Å². The minimum absolute atomic E-state index is 0.145. The van der Waals surface area contributed by atoms with E-state index in [0.717, 1.165) is 35.8 Å². The zero-order valence-electron chi connectivity index (χ0n) is 13.5. The van der Waals surface area contributed by atoms with Crippen LogP contribution in [-0.4, -0.2) is 35.1 Å². The van der Waals surface area contributed by atoms with Crippen molar-refractivity contribution in [2.45, 2.75) is 25.8 Å². The third kappa shape index (κ3) is 3.13. The first kappa shape index (κ1) is 16.1. The first-order valence-corrected chi connectivity index (χ1v) is 8.87. The lowest BCUT2D eigenvalue weighted by atomic mass is 10.1. The molecule has 0 bridgehead atoms. The molecule has 0 aliphatic carbocycles. The van der Waals surface area contributed by atoms with Gasteiger partial charge in [0.25, 0.3) is 0 Å². The molecule has 2 heterocycles.